The molecule has 0 amide bonds. The first kappa shape index (κ1) is 10.5. The number of aryl methyl sites for hydroxylation is 1. The molecule has 4 nitrogen and oxygen atoms in total. The van der Waals surface area contributed by atoms with E-state index in [4.69, 9.17) is 0 Å². The number of aromatic nitrogens is 3. The lowest BCUT2D eigenvalue weighted by atomic mass is 10.2. The Morgan fingerprint density at radius 2 is 1.94 bits per heavy atom. The molecule has 0 aliphatic rings. The van der Waals surface area contributed by atoms with Crippen molar-refractivity contribution in [3.8, 4) is 11.3 Å². The van der Waals surface area contributed by atoms with Crippen LogP contribution >= 0.6 is 0 Å². The Morgan fingerprint density at radius 1 is 1.19 bits per heavy atom. The summed E-state index contributed by atoms with van der Waals surface area (Å²) in [6, 6.07) is 5.85. The molecule has 2 aromatic heterocycles. The van der Waals surface area contributed by atoms with E-state index in [1.807, 2.05) is 32.0 Å². The van der Waals surface area contributed by atoms with Crippen molar-refractivity contribution in [3.05, 3.63) is 36.3 Å². The Kier molecular flexibility index (Phi) is 3.10. The van der Waals surface area contributed by atoms with Gasteiger partial charge in [-0.1, -0.05) is 0 Å². The molecule has 0 bridgehead atoms. The van der Waals surface area contributed by atoms with E-state index in [0.29, 0.717) is 5.95 Å². The Hall–Kier alpha value is -1.97. The maximum absolute atomic E-state index is 4.44. The molecule has 16 heavy (non-hydrogen) atoms. The van der Waals surface area contributed by atoms with Gasteiger partial charge in [0, 0.05) is 30.2 Å². The lowest BCUT2D eigenvalue weighted by Crippen LogP contribution is -2.03. The number of nitrogens with zero attached hydrogens (tertiary/aromatic N) is 3. The van der Waals surface area contributed by atoms with E-state index < -0.39 is 0 Å². The Labute approximate surface area is 94.8 Å². The monoisotopic (exact) mass is 214 g/mol. The Bertz CT molecular complexity index is 468. The largest absolute Gasteiger partial charge is 0.354 e. The third-order valence-electron chi connectivity index (χ3n) is 2.17. The summed E-state index contributed by atoms with van der Waals surface area (Å²) in [6.45, 7) is 4.81. The zero-order valence-corrected chi connectivity index (χ0v) is 9.44. The van der Waals surface area contributed by atoms with Crippen LogP contribution in [0.1, 0.15) is 12.6 Å². The normalized spacial score (nSPS) is 10.1. The summed E-state index contributed by atoms with van der Waals surface area (Å²) in [5.41, 5.74) is 2.93. The fourth-order valence-corrected chi connectivity index (χ4v) is 1.48. The highest BCUT2D eigenvalue weighted by molar-refractivity contribution is 5.59. The summed E-state index contributed by atoms with van der Waals surface area (Å²) >= 11 is 0. The predicted molar refractivity (Wildman–Crippen MR) is 64.2 cm³/mol. The van der Waals surface area contributed by atoms with Gasteiger partial charge in [-0.05, 0) is 32.0 Å². The van der Waals surface area contributed by atoms with Crippen LogP contribution < -0.4 is 5.32 Å². The van der Waals surface area contributed by atoms with E-state index in [1.165, 1.54) is 0 Å². The van der Waals surface area contributed by atoms with Gasteiger partial charge in [0.2, 0.25) is 5.95 Å². The van der Waals surface area contributed by atoms with Crippen LogP contribution in [0.25, 0.3) is 11.3 Å². The maximum atomic E-state index is 4.44. The molecule has 82 valence electrons. The quantitative estimate of drug-likeness (QED) is 0.851. The second-order valence-electron chi connectivity index (χ2n) is 3.48. The first-order valence-electron chi connectivity index (χ1n) is 5.29. The minimum absolute atomic E-state index is 0.675. The van der Waals surface area contributed by atoms with Crippen LogP contribution in [0.5, 0.6) is 0 Å². The Morgan fingerprint density at radius 3 is 2.62 bits per heavy atom. The van der Waals surface area contributed by atoms with Gasteiger partial charge >= 0.3 is 0 Å². The molecule has 0 spiro atoms. The number of nitrogens with one attached hydrogen (secondary N) is 1. The van der Waals surface area contributed by atoms with Crippen LogP contribution in [-0.2, 0) is 0 Å². The van der Waals surface area contributed by atoms with E-state index in [9.17, 15) is 0 Å². The summed E-state index contributed by atoms with van der Waals surface area (Å²) in [5.74, 6) is 0.675. The third-order valence-corrected chi connectivity index (χ3v) is 2.17. The zero-order chi connectivity index (χ0) is 11.4. The van der Waals surface area contributed by atoms with Crippen molar-refractivity contribution >= 4 is 5.95 Å². The van der Waals surface area contributed by atoms with E-state index in [0.717, 1.165) is 23.5 Å². The topological polar surface area (TPSA) is 50.7 Å². The number of rotatable bonds is 3. The van der Waals surface area contributed by atoms with Crippen molar-refractivity contribution in [1.82, 2.24) is 15.0 Å². The molecule has 0 radical (unpaired) electrons. The van der Waals surface area contributed by atoms with E-state index in [-0.39, 0.29) is 0 Å². The third kappa shape index (κ3) is 2.34. The van der Waals surface area contributed by atoms with Gasteiger partial charge in [-0.15, -0.1) is 0 Å². The van der Waals surface area contributed by atoms with Gasteiger partial charge in [0.1, 0.15) is 0 Å². The van der Waals surface area contributed by atoms with Crippen LogP contribution in [-0.4, -0.2) is 21.5 Å². The second kappa shape index (κ2) is 4.70. The SMILES string of the molecule is CCNc1nc(C)cc(-c2ccncc2)n1. The molecule has 0 unspecified atom stereocenters. The second-order valence-corrected chi connectivity index (χ2v) is 3.48. The van der Waals surface area contributed by atoms with Crippen molar-refractivity contribution in [2.45, 2.75) is 13.8 Å². The molecular formula is C12H14N4. The summed E-state index contributed by atoms with van der Waals surface area (Å²) in [5, 5.41) is 3.12. The fraction of sp³-hybridized carbons (Fsp3) is 0.250. The molecule has 0 atom stereocenters. The van der Waals surface area contributed by atoms with Gasteiger partial charge in [0.25, 0.3) is 0 Å². The van der Waals surface area contributed by atoms with Gasteiger partial charge in [-0.3, -0.25) is 4.98 Å². The molecule has 2 rings (SSSR count). The van der Waals surface area contributed by atoms with Gasteiger partial charge < -0.3 is 5.32 Å². The molecule has 0 aliphatic heterocycles. The molecule has 0 saturated carbocycles. The molecule has 2 heterocycles. The van der Waals surface area contributed by atoms with Gasteiger partial charge in [-0.25, -0.2) is 9.97 Å². The van der Waals surface area contributed by atoms with Crippen molar-refractivity contribution in [2.24, 2.45) is 0 Å². The van der Waals surface area contributed by atoms with Crippen molar-refractivity contribution in [2.75, 3.05) is 11.9 Å². The average Bonchev–Trinajstić information content (AvgIpc) is 2.30. The molecule has 1 N–H and O–H groups in total. The lowest BCUT2D eigenvalue weighted by Gasteiger charge is -2.06. The van der Waals surface area contributed by atoms with Crippen molar-refractivity contribution < 1.29 is 0 Å². The minimum atomic E-state index is 0.675. The summed E-state index contributed by atoms with van der Waals surface area (Å²) in [4.78, 5) is 12.7. The first-order chi connectivity index (χ1) is 7.79. The highest BCUT2D eigenvalue weighted by atomic mass is 15.1. The standard InChI is InChI=1S/C12H14N4/c1-3-14-12-15-9(2)8-11(16-12)10-4-6-13-7-5-10/h4-8H,3H2,1-2H3,(H,14,15,16). The van der Waals surface area contributed by atoms with Gasteiger partial charge in [0.15, 0.2) is 0 Å². The summed E-state index contributed by atoms with van der Waals surface area (Å²) in [7, 11) is 0. The van der Waals surface area contributed by atoms with Crippen LogP contribution in [0.2, 0.25) is 0 Å². The van der Waals surface area contributed by atoms with E-state index >= 15 is 0 Å². The number of pyridine rings is 1. The summed E-state index contributed by atoms with van der Waals surface area (Å²) in [6.07, 6.45) is 3.53. The van der Waals surface area contributed by atoms with Crippen LogP contribution in [0.3, 0.4) is 0 Å². The average molecular weight is 214 g/mol. The smallest absolute Gasteiger partial charge is 0.223 e. The molecule has 0 aliphatic carbocycles. The highest BCUT2D eigenvalue weighted by Crippen LogP contribution is 2.17. The van der Waals surface area contributed by atoms with E-state index in [1.54, 1.807) is 12.4 Å². The minimum Gasteiger partial charge on any atom is -0.354 e. The Balaban J connectivity index is 2.41. The van der Waals surface area contributed by atoms with Crippen molar-refractivity contribution in [1.29, 1.82) is 0 Å². The van der Waals surface area contributed by atoms with E-state index in [2.05, 4.69) is 20.3 Å². The number of hydrogen-bond donors (Lipinski definition) is 1. The maximum Gasteiger partial charge on any atom is 0.223 e. The predicted octanol–water partition coefficient (Wildman–Crippen LogP) is 2.28. The molecule has 0 saturated heterocycles. The zero-order valence-electron chi connectivity index (χ0n) is 9.44. The number of hydrogen-bond acceptors (Lipinski definition) is 4. The molecule has 4 heteroatoms. The molecule has 2 aromatic rings. The van der Waals surface area contributed by atoms with Gasteiger partial charge in [-0.2, -0.15) is 0 Å². The van der Waals surface area contributed by atoms with Crippen LogP contribution in [0.15, 0.2) is 30.6 Å². The van der Waals surface area contributed by atoms with Crippen molar-refractivity contribution in [3.63, 3.8) is 0 Å². The molecule has 0 fully saturated rings. The first-order valence-corrected chi connectivity index (χ1v) is 5.29. The number of anilines is 1. The molecule has 0 aromatic carbocycles. The highest BCUT2D eigenvalue weighted by Gasteiger charge is 2.03. The lowest BCUT2D eigenvalue weighted by molar-refractivity contribution is 1.05. The fourth-order valence-electron chi connectivity index (χ4n) is 1.48. The molecular weight excluding hydrogens is 200 g/mol. The van der Waals surface area contributed by atoms with Crippen LogP contribution in [0.4, 0.5) is 5.95 Å². The summed E-state index contributed by atoms with van der Waals surface area (Å²) < 4.78 is 0. The van der Waals surface area contributed by atoms with Crippen LogP contribution in [0, 0.1) is 6.92 Å². The van der Waals surface area contributed by atoms with Gasteiger partial charge in [0.05, 0.1) is 5.69 Å².